The van der Waals surface area contributed by atoms with E-state index in [2.05, 4.69) is 20.9 Å². The normalized spacial score (nSPS) is 12.0. The molecule has 0 bridgehead atoms. The van der Waals surface area contributed by atoms with Crippen molar-refractivity contribution >= 4 is 28.1 Å². The monoisotopic (exact) mass is 405 g/mol. The molecule has 6 heteroatoms. The quantitative estimate of drug-likeness (QED) is 0.520. The van der Waals surface area contributed by atoms with Crippen LogP contribution in [0.1, 0.15) is 11.1 Å². The fourth-order valence-corrected chi connectivity index (χ4v) is 3.00. The highest BCUT2D eigenvalue weighted by Gasteiger charge is 2.21. The van der Waals surface area contributed by atoms with Gasteiger partial charge in [-0.15, -0.1) is 0 Å². The number of ether oxygens (including phenoxy) is 3. The topological polar surface area (TPSA) is 57.1 Å². The Labute approximate surface area is 155 Å². The Kier molecular flexibility index (Phi) is 7.01. The first-order chi connectivity index (χ1) is 12.1. The summed E-state index contributed by atoms with van der Waals surface area (Å²) in [7, 11) is 4.50. The van der Waals surface area contributed by atoms with Crippen molar-refractivity contribution in [2.75, 3.05) is 21.3 Å². The van der Waals surface area contributed by atoms with Gasteiger partial charge in [-0.3, -0.25) is 4.99 Å². The molecule has 0 aliphatic heterocycles. The van der Waals surface area contributed by atoms with E-state index in [0.717, 1.165) is 15.6 Å². The highest BCUT2D eigenvalue weighted by atomic mass is 79.9. The van der Waals surface area contributed by atoms with Crippen LogP contribution in [0.15, 0.2) is 51.9 Å². The first kappa shape index (κ1) is 19.0. The van der Waals surface area contributed by atoms with Crippen LogP contribution in [0.5, 0.6) is 11.5 Å². The van der Waals surface area contributed by atoms with Gasteiger partial charge in [-0.25, -0.2) is 4.79 Å². The summed E-state index contributed by atoms with van der Waals surface area (Å²) >= 11 is 3.52. The standard InChI is InChI=1S/C19H20BrNO4/c1-23-16-10-9-14(17(20)18(16)24-2)11-15(19(22)25-3)21-12-13-7-5-4-6-8-13/h4-10,12,15H,11H2,1-3H3. The van der Waals surface area contributed by atoms with Crippen molar-refractivity contribution in [3.63, 3.8) is 0 Å². The maximum atomic E-state index is 12.1. The molecule has 25 heavy (non-hydrogen) atoms. The van der Waals surface area contributed by atoms with Crippen molar-refractivity contribution in [2.24, 2.45) is 4.99 Å². The fourth-order valence-electron chi connectivity index (χ4n) is 2.34. The molecule has 0 spiro atoms. The molecular weight excluding hydrogens is 386 g/mol. The van der Waals surface area contributed by atoms with Crippen LogP contribution in [-0.4, -0.2) is 39.6 Å². The van der Waals surface area contributed by atoms with E-state index in [1.54, 1.807) is 26.5 Å². The van der Waals surface area contributed by atoms with E-state index in [4.69, 9.17) is 14.2 Å². The van der Waals surface area contributed by atoms with Crippen LogP contribution in [0.2, 0.25) is 0 Å². The van der Waals surface area contributed by atoms with Gasteiger partial charge in [0.05, 0.1) is 25.8 Å². The molecule has 0 aromatic heterocycles. The first-order valence-corrected chi connectivity index (χ1v) is 8.45. The zero-order valence-corrected chi connectivity index (χ0v) is 15.9. The molecule has 0 saturated heterocycles. The van der Waals surface area contributed by atoms with E-state index in [0.29, 0.717) is 17.9 Å². The van der Waals surface area contributed by atoms with Gasteiger partial charge in [0, 0.05) is 12.6 Å². The SMILES string of the molecule is COC(=O)C(Cc1ccc(OC)c(OC)c1Br)N=Cc1ccccc1. The number of esters is 1. The summed E-state index contributed by atoms with van der Waals surface area (Å²) in [5.74, 6) is 0.796. The molecule has 0 aliphatic carbocycles. The van der Waals surface area contributed by atoms with E-state index in [-0.39, 0.29) is 0 Å². The molecule has 0 radical (unpaired) electrons. The Morgan fingerprint density at radius 3 is 2.44 bits per heavy atom. The van der Waals surface area contributed by atoms with Gasteiger partial charge in [0.15, 0.2) is 17.5 Å². The number of rotatable bonds is 7. The van der Waals surface area contributed by atoms with E-state index in [1.165, 1.54) is 7.11 Å². The number of methoxy groups -OCH3 is 3. The third-order valence-electron chi connectivity index (χ3n) is 3.65. The molecule has 0 fully saturated rings. The number of benzene rings is 2. The third kappa shape index (κ3) is 4.82. The summed E-state index contributed by atoms with van der Waals surface area (Å²) in [5, 5.41) is 0. The Morgan fingerprint density at radius 2 is 1.84 bits per heavy atom. The predicted molar refractivity (Wildman–Crippen MR) is 101 cm³/mol. The van der Waals surface area contributed by atoms with Gasteiger partial charge in [0.1, 0.15) is 0 Å². The molecule has 0 saturated carbocycles. The van der Waals surface area contributed by atoms with Crippen LogP contribution >= 0.6 is 15.9 Å². The highest BCUT2D eigenvalue weighted by Crippen LogP contribution is 2.38. The molecular formula is C19H20BrNO4. The minimum absolute atomic E-state index is 0.372. The van der Waals surface area contributed by atoms with Crippen LogP contribution in [-0.2, 0) is 16.0 Å². The predicted octanol–water partition coefficient (Wildman–Crippen LogP) is 3.67. The van der Waals surface area contributed by atoms with Crippen LogP contribution in [0, 0.1) is 0 Å². The second-order valence-electron chi connectivity index (χ2n) is 5.21. The van der Waals surface area contributed by atoms with Gasteiger partial charge in [0.25, 0.3) is 0 Å². The van der Waals surface area contributed by atoms with Gasteiger partial charge < -0.3 is 14.2 Å². The summed E-state index contributed by atoms with van der Waals surface area (Å²) < 4.78 is 16.3. The molecule has 0 amide bonds. The van der Waals surface area contributed by atoms with Gasteiger partial charge in [0.2, 0.25) is 0 Å². The maximum Gasteiger partial charge on any atom is 0.330 e. The number of nitrogens with zero attached hydrogens (tertiary/aromatic N) is 1. The van der Waals surface area contributed by atoms with Crippen molar-refractivity contribution < 1.29 is 19.0 Å². The smallest absolute Gasteiger partial charge is 0.330 e. The third-order valence-corrected chi connectivity index (χ3v) is 4.52. The second-order valence-corrected chi connectivity index (χ2v) is 6.00. The largest absolute Gasteiger partial charge is 0.493 e. The minimum atomic E-state index is -0.653. The van der Waals surface area contributed by atoms with Gasteiger partial charge in [-0.05, 0) is 33.1 Å². The van der Waals surface area contributed by atoms with E-state index in [9.17, 15) is 4.79 Å². The van der Waals surface area contributed by atoms with Gasteiger partial charge in [-0.2, -0.15) is 0 Å². The number of halogens is 1. The molecule has 2 aromatic carbocycles. The lowest BCUT2D eigenvalue weighted by molar-refractivity contribution is -0.142. The van der Waals surface area contributed by atoms with Crippen LogP contribution < -0.4 is 9.47 Å². The number of carbonyl (C=O) groups excluding carboxylic acids is 1. The van der Waals surface area contributed by atoms with Crippen LogP contribution in [0.4, 0.5) is 0 Å². The molecule has 132 valence electrons. The molecule has 1 unspecified atom stereocenters. The first-order valence-electron chi connectivity index (χ1n) is 7.66. The second kappa shape index (κ2) is 9.22. The molecule has 0 N–H and O–H groups in total. The number of hydrogen-bond donors (Lipinski definition) is 0. The molecule has 5 nitrogen and oxygen atoms in total. The summed E-state index contributed by atoms with van der Waals surface area (Å²) in [4.78, 5) is 16.5. The van der Waals surface area contributed by atoms with Crippen molar-refractivity contribution in [2.45, 2.75) is 12.5 Å². The molecule has 0 aliphatic rings. The number of aliphatic imine (C=N–C) groups is 1. The molecule has 0 heterocycles. The molecule has 2 aromatic rings. The van der Waals surface area contributed by atoms with Crippen molar-refractivity contribution in [3.8, 4) is 11.5 Å². The highest BCUT2D eigenvalue weighted by molar-refractivity contribution is 9.10. The van der Waals surface area contributed by atoms with Gasteiger partial charge in [-0.1, -0.05) is 36.4 Å². The average Bonchev–Trinajstić information content (AvgIpc) is 2.66. The van der Waals surface area contributed by atoms with Crippen molar-refractivity contribution in [3.05, 3.63) is 58.1 Å². The van der Waals surface area contributed by atoms with Crippen molar-refractivity contribution in [1.82, 2.24) is 0 Å². The summed E-state index contributed by atoms with van der Waals surface area (Å²) in [6, 6.07) is 12.6. The van der Waals surface area contributed by atoms with E-state index < -0.39 is 12.0 Å². The van der Waals surface area contributed by atoms with E-state index in [1.807, 2.05) is 36.4 Å². The number of hydrogen-bond acceptors (Lipinski definition) is 5. The van der Waals surface area contributed by atoms with Gasteiger partial charge >= 0.3 is 5.97 Å². The lowest BCUT2D eigenvalue weighted by Gasteiger charge is -2.15. The molecule has 2 rings (SSSR count). The van der Waals surface area contributed by atoms with Crippen LogP contribution in [0.25, 0.3) is 0 Å². The lowest BCUT2D eigenvalue weighted by atomic mass is 10.1. The van der Waals surface area contributed by atoms with Crippen LogP contribution in [0.3, 0.4) is 0 Å². The average molecular weight is 406 g/mol. The lowest BCUT2D eigenvalue weighted by Crippen LogP contribution is -2.23. The van der Waals surface area contributed by atoms with E-state index >= 15 is 0 Å². The Balaban J connectivity index is 2.29. The maximum absolute atomic E-state index is 12.1. The Morgan fingerprint density at radius 1 is 1.12 bits per heavy atom. The summed E-state index contributed by atoms with van der Waals surface area (Å²) in [6.45, 7) is 0. The zero-order chi connectivity index (χ0) is 18.2. The fraction of sp³-hybridized carbons (Fsp3) is 0.263. The Hall–Kier alpha value is -2.34. The van der Waals surface area contributed by atoms with Crippen molar-refractivity contribution in [1.29, 1.82) is 0 Å². The molecule has 1 atom stereocenters. The summed E-state index contributed by atoms with van der Waals surface area (Å²) in [5.41, 5.74) is 1.79. The Bertz CT molecular complexity index is 747. The number of carbonyl (C=O) groups is 1. The summed E-state index contributed by atoms with van der Waals surface area (Å²) in [6.07, 6.45) is 2.05. The minimum Gasteiger partial charge on any atom is -0.493 e. The zero-order valence-electron chi connectivity index (χ0n) is 14.4.